The molecular formula is C11H11BrN4OS. The predicted octanol–water partition coefficient (Wildman–Crippen LogP) is 2.12. The first-order chi connectivity index (χ1) is 8.66. The summed E-state index contributed by atoms with van der Waals surface area (Å²) in [6.45, 7) is 0.661. The first kappa shape index (κ1) is 13.0. The predicted molar refractivity (Wildman–Crippen MR) is 76.5 cm³/mol. The van der Waals surface area contributed by atoms with Crippen LogP contribution in [-0.2, 0) is 6.42 Å². The van der Waals surface area contributed by atoms with Gasteiger partial charge in [-0.25, -0.2) is 0 Å². The smallest absolute Gasteiger partial charge is 0.228 e. The van der Waals surface area contributed by atoms with Gasteiger partial charge < -0.3 is 15.6 Å². The van der Waals surface area contributed by atoms with E-state index in [-0.39, 0.29) is 0 Å². The Hall–Kier alpha value is -1.47. The van der Waals surface area contributed by atoms with Crippen LogP contribution in [0.15, 0.2) is 33.5 Å². The molecule has 0 saturated carbocycles. The molecule has 0 atom stereocenters. The molecule has 0 spiro atoms. The number of halogens is 1. The molecule has 2 aromatic rings. The van der Waals surface area contributed by atoms with Crippen molar-refractivity contribution in [3.05, 3.63) is 40.5 Å². The molecule has 0 aliphatic carbocycles. The topological polar surface area (TPSA) is 77.0 Å². The van der Waals surface area contributed by atoms with Gasteiger partial charge in [-0.2, -0.15) is 4.98 Å². The van der Waals surface area contributed by atoms with Crippen molar-refractivity contribution in [1.29, 1.82) is 0 Å². The van der Waals surface area contributed by atoms with E-state index < -0.39 is 0 Å². The standard InChI is InChI=1S/C11H11BrN4OS/c12-7-1-2-8(11(13)18)9(5-7)14-4-3-10-15-6-16-17-10/h1-2,5-6,14H,3-4H2,(H2,13,18). The summed E-state index contributed by atoms with van der Waals surface area (Å²) in [6, 6.07) is 5.71. The Morgan fingerprint density at radius 1 is 1.50 bits per heavy atom. The Kier molecular flexibility index (Phi) is 4.27. The molecular weight excluding hydrogens is 316 g/mol. The van der Waals surface area contributed by atoms with Crippen LogP contribution in [0.5, 0.6) is 0 Å². The lowest BCUT2D eigenvalue weighted by atomic mass is 10.1. The number of hydrogen-bond acceptors (Lipinski definition) is 5. The zero-order chi connectivity index (χ0) is 13.0. The van der Waals surface area contributed by atoms with Crippen molar-refractivity contribution in [2.24, 2.45) is 5.73 Å². The Balaban J connectivity index is 2.03. The van der Waals surface area contributed by atoms with Crippen LogP contribution >= 0.6 is 28.1 Å². The third-order valence-electron chi connectivity index (χ3n) is 2.31. The molecule has 94 valence electrons. The Bertz CT molecular complexity index is 544. The van der Waals surface area contributed by atoms with Gasteiger partial charge in [-0.1, -0.05) is 33.3 Å². The van der Waals surface area contributed by atoms with Gasteiger partial charge in [-0.15, -0.1) is 0 Å². The largest absolute Gasteiger partial charge is 0.389 e. The number of rotatable bonds is 5. The number of hydrogen-bond donors (Lipinski definition) is 2. The second-order valence-corrected chi connectivity index (χ2v) is 4.92. The fourth-order valence-corrected chi connectivity index (χ4v) is 2.03. The maximum atomic E-state index is 5.67. The molecule has 0 fully saturated rings. The van der Waals surface area contributed by atoms with E-state index in [2.05, 4.69) is 31.4 Å². The van der Waals surface area contributed by atoms with Crippen LogP contribution in [0.3, 0.4) is 0 Å². The number of aromatic nitrogens is 2. The minimum Gasteiger partial charge on any atom is -0.389 e. The van der Waals surface area contributed by atoms with Crippen molar-refractivity contribution in [3.8, 4) is 0 Å². The molecule has 1 aromatic carbocycles. The summed E-state index contributed by atoms with van der Waals surface area (Å²) in [5.74, 6) is 0.592. The molecule has 0 amide bonds. The zero-order valence-electron chi connectivity index (χ0n) is 9.39. The molecule has 1 heterocycles. The van der Waals surface area contributed by atoms with Crippen molar-refractivity contribution in [2.75, 3.05) is 11.9 Å². The van der Waals surface area contributed by atoms with Gasteiger partial charge in [0.05, 0.1) is 0 Å². The maximum absolute atomic E-state index is 5.67. The Morgan fingerprint density at radius 2 is 2.33 bits per heavy atom. The summed E-state index contributed by atoms with van der Waals surface area (Å²) in [5, 5.41) is 6.79. The second kappa shape index (κ2) is 5.92. The summed E-state index contributed by atoms with van der Waals surface area (Å²) in [4.78, 5) is 4.31. The summed E-state index contributed by atoms with van der Waals surface area (Å²) >= 11 is 8.42. The highest BCUT2D eigenvalue weighted by atomic mass is 79.9. The van der Waals surface area contributed by atoms with Crippen molar-refractivity contribution >= 4 is 38.8 Å². The van der Waals surface area contributed by atoms with Crippen LogP contribution in [0.4, 0.5) is 5.69 Å². The minimum atomic E-state index is 0.364. The minimum absolute atomic E-state index is 0.364. The van der Waals surface area contributed by atoms with Gasteiger partial charge in [-0.05, 0) is 18.2 Å². The third-order valence-corrected chi connectivity index (χ3v) is 3.02. The van der Waals surface area contributed by atoms with E-state index in [1.165, 1.54) is 6.33 Å². The van der Waals surface area contributed by atoms with Crippen LogP contribution in [0.1, 0.15) is 11.5 Å². The lowest BCUT2D eigenvalue weighted by Crippen LogP contribution is -2.14. The van der Waals surface area contributed by atoms with Gasteiger partial charge in [0.15, 0.2) is 6.33 Å². The second-order valence-electron chi connectivity index (χ2n) is 3.57. The van der Waals surface area contributed by atoms with E-state index in [4.69, 9.17) is 22.5 Å². The summed E-state index contributed by atoms with van der Waals surface area (Å²) in [6.07, 6.45) is 2.03. The average molecular weight is 327 g/mol. The van der Waals surface area contributed by atoms with Gasteiger partial charge in [0, 0.05) is 28.7 Å². The maximum Gasteiger partial charge on any atom is 0.228 e. The Morgan fingerprint density at radius 3 is 3.00 bits per heavy atom. The normalized spacial score (nSPS) is 10.3. The number of nitrogens with one attached hydrogen (secondary N) is 1. The first-order valence-electron chi connectivity index (χ1n) is 5.25. The molecule has 5 nitrogen and oxygen atoms in total. The van der Waals surface area contributed by atoms with E-state index in [1.54, 1.807) is 0 Å². The van der Waals surface area contributed by atoms with E-state index in [0.29, 0.717) is 23.8 Å². The van der Waals surface area contributed by atoms with Crippen molar-refractivity contribution < 1.29 is 4.52 Å². The molecule has 0 aliphatic heterocycles. The molecule has 0 bridgehead atoms. The van der Waals surface area contributed by atoms with Crippen LogP contribution in [-0.4, -0.2) is 21.7 Å². The van der Waals surface area contributed by atoms with Crippen LogP contribution in [0, 0.1) is 0 Å². The molecule has 7 heteroatoms. The van der Waals surface area contributed by atoms with Gasteiger partial charge >= 0.3 is 0 Å². The molecule has 0 saturated heterocycles. The first-order valence-corrected chi connectivity index (χ1v) is 6.45. The number of anilines is 1. The summed E-state index contributed by atoms with van der Waals surface area (Å²) in [7, 11) is 0. The SMILES string of the molecule is NC(=S)c1ccc(Br)cc1NCCc1ncno1. The quantitative estimate of drug-likeness (QED) is 0.819. The van der Waals surface area contributed by atoms with E-state index in [9.17, 15) is 0 Å². The van der Waals surface area contributed by atoms with Crippen LogP contribution < -0.4 is 11.1 Å². The number of nitrogens with zero attached hydrogens (tertiary/aromatic N) is 2. The third kappa shape index (κ3) is 3.27. The van der Waals surface area contributed by atoms with Crippen molar-refractivity contribution in [1.82, 2.24) is 10.1 Å². The molecule has 2 rings (SSSR count). The van der Waals surface area contributed by atoms with Crippen LogP contribution in [0.25, 0.3) is 0 Å². The van der Waals surface area contributed by atoms with Crippen molar-refractivity contribution in [3.63, 3.8) is 0 Å². The van der Waals surface area contributed by atoms with E-state index in [1.807, 2.05) is 18.2 Å². The van der Waals surface area contributed by atoms with E-state index >= 15 is 0 Å². The highest BCUT2D eigenvalue weighted by molar-refractivity contribution is 9.10. The van der Waals surface area contributed by atoms with Gasteiger partial charge in [0.2, 0.25) is 5.89 Å². The lowest BCUT2D eigenvalue weighted by molar-refractivity contribution is 0.380. The molecule has 0 aliphatic rings. The molecule has 0 unspecified atom stereocenters. The highest BCUT2D eigenvalue weighted by Gasteiger charge is 2.06. The monoisotopic (exact) mass is 326 g/mol. The number of thiocarbonyl (C=S) groups is 1. The summed E-state index contributed by atoms with van der Waals surface area (Å²) in [5.41, 5.74) is 7.37. The highest BCUT2D eigenvalue weighted by Crippen LogP contribution is 2.21. The summed E-state index contributed by atoms with van der Waals surface area (Å²) < 4.78 is 5.87. The zero-order valence-corrected chi connectivity index (χ0v) is 11.8. The van der Waals surface area contributed by atoms with Crippen molar-refractivity contribution in [2.45, 2.75) is 6.42 Å². The van der Waals surface area contributed by atoms with Gasteiger partial charge in [-0.3, -0.25) is 0 Å². The fraction of sp³-hybridized carbons (Fsp3) is 0.182. The number of benzene rings is 1. The van der Waals surface area contributed by atoms with Gasteiger partial charge in [0.1, 0.15) is 4.99 Å². The Labute approximate surface area is 118 Å². The number of nitrogens with two attached hydrogens (primary N) is 1. The van der Waals surface area contributed by atoms with Gasteiger partial charge in [0.25, 0.3) is 0 Å². The molecule has 1 aromatic heterocycles. The average Bonchev–Trinajstić information content (AvgIpc) is 2.82. The van der Waals surface area contributed by atoms with E-state index in [0.717, 1.165) is 15.7 Å². The molecule has 3 N–H and O–H groups in total. The molecule has 0 radical (unpaired) electrons. The fourth-order valence-electron chi connectivity index (χ4n) is 1.49. The molecule has 18 heavy (non-hydrogen) atoms. The lowest BCUT2D eigenvalue weighted by Gasteiger charge is -2.10. The van der Waals surface area contributed by atoms with Crippen LogP contribution in [0.2, 0.25) is 0 Å².